The number of carboxylic acid groups (broad SMARTS) is 1. The molecule has 0 spiro atoms. The first-order valence-electron chi connectivity index (χ1n) is 7.73. The average Bonchev–Trinajstić information content (AvgIpc) is 2.69. The molecule has 1 aromatic carbocycles. The number of likely N-dealkylation sites (N-methyl/N-ethyl adjacent to an activating group) is 1. The van der Waals surface area contributed by atoms with E-state index in [1.807, 2.05) is 0 Å². The number of carbonyl (C=O) groups is 3. The quantitative estimate of drug-likeness (QED) is 0.839. The van der Waals surface area contributed by atoms with E-state index in [4.69, 9.17) is 5.11 Å². The minimum atomic E-state index is -4.83. The highest BCUT2D eigenvalue weighted by Crippen LogP contribution is 2.37. The van der Waals surface area contributed by atoms with Crippen molar-refractivity contribution in [2.45, 2.75) is 31.6 Å². The van der Waals surface area contributed by atoms with E-state index in [1.54, 1.807) is 0 Å². The second-order valence-electron chi connectivity index (χ2n) is 6.02. The molecule has 0 aliphatic carbocycles. The summed E-state index contributed by atoms with van der Waals surface area (Å²) in [5.74, 6) is -3.02. The Kier molecular flexibility index (Phi) is 5.55. The fraction of sp³-hybridized carbons (Fsp3) is 0.438. The number of rotatable bonds is 4. The van der Waals surface area contributed by atoms with E-state index in [2.05, 4.69) is 5.32 Å². The zero-order valence-electron chi connectivity index (χ0n) is 14.1. The van der Waals surface area contributed by atoms with Gasteiger partial charge in [0.1, 0.15) is 12.1 Å². The predicted octanol–water partition coefficient (Wildman–Crippen LogP) is 1.70. The number of amides is 2. The molecule has 0 fully saturated rings. The van der Waals surface area contributed by atoms with Crippen LogP contribution in [0.5, 0.6) is 0 Å². The summed E-state index contributed by atoms with van der Waals surface area (Å²) in [5, 5.41) is 11.4. The molecule has 0 saturated heterocycles. The highest BCUT2D eigenvalue weighted by atomic mass is 19.4. The summed E-state index contributed by atoms with van der Waals surface area (Å²) in [6.45, 7) is 0.765. The summed E-state index contributed by atoms with van der Waals surface area (Å²) in [7, 11) is 1.33. The van der Waals surface area contributed by atoms with Crippen LogP contribution in [0.3, 0.4) is 0 Å². The topological polar surface area (TPSA) is 89.9 Å². The summed E-state index contributed by atoms with van der Waals surface area (Å²) >= 11 is 0. The molecule has 2 atom stereocenters. The molecule has 7 nitrogen and oxygen atoms in total. The van der Waals surface area contributed by atoms with Crippen LogP contribution >= 0.6 is 0 Å². The molecule has 1 aromatic rings. The van der Waals surface area contributed by atoms with Crippen LogP contribution in [0.4, 0.5) is 24.5 Å². The third kappa shape index (κ3) is 4.13. The van der Waals surface area contributed by atoms with Gasteiger partial charge >= 0.3 is 12.1 Å². The van der Waals surface area contributed by atoms with Crippen LogP contribution in [0, 0.1) is 0 Å². The molecular formula is C16H18F3N3O4. The van der Waals surface area contributed by atoms with Crippen LogP contribution in [0.2, 0.25) is 0 Å². The molecule has 26 heavy (non-hydrogen) atoms. The van der Waals surface area contributed by atoms with E-state index in [9.17, 15) is 27.6 Å². The Morgan fingerprint density at radius 1 is 1.38 bits per heavy atom. The SMILES string of the molecule is CC(C(=O)O)N(C)CC(=O)N1c2ccccc2NC(=O)CC1C(F)(F)F. The molecule has 2 amide bonds. The van der Waals surface area contributed by atoms with Gasteiger partial charge < -0.3 is 10.4 Å². The maximum Gasteiger partial charge on any atom is 0.409 e. The maximum atomic E-state index is 13.5. The number of aliphatic carboxylic acids is 1. The first-order chi connectivity index (χ1) is 12.0. The molecule has 1 heterocycles. The van der Waals surface area contributed by atoms with Gasteiger partial charge in [-0.05, 0) is 26.1 Å². The van der Waals surface area contributed by atoms with Crippen LogP contribution < -0.4 is 10.2 Å². The van der Waals surface area contributed by atoms with E-state index in [0.717, 1.165) is 4.90 Å². The molecule has 10 heteroatoms. The molecule has 2 N–H and O–H groups in total. The zero-order valence-corrected chi connectivity index (χ0v) is 14.1. The van der Waals surface area contributed by atoms with Crippen molar-refractivity contribution in [1.82, 2.24) is 4.90 Å². The monoisotopic (exact) mass is 373 g/mol. The molecular weight excluding hydrogens is 355 g/mol. The van der Waals surface area contributed by atoms with Crippen LogP contribution in [0.25, 0.3) is 0 Å². The average molecular weight is 373 g/mol. The standard InChI is InChI=1S/C16H18F3N3O4/c1-9(15(25)26)21(2)8-14(24)22-11-6-4-3-5-10(11)20-13(23)7-12(22)16(17,18)19/h3-6,9,12H,7-8H2,1-2H3,(H,20,23)(H,25,26). The fourth-order valence-electron chi connectivity index (χ4n) is 2.61. The van der Waals surface area contributed by atoms with Crippen molar-refractivity contribution >= 4 is 29.2 Å². The van der Waals surface area contributed by atoms with Gasteiger partial charge in [0.15, 0.2) is 0 Å². The minimum Gasteiger partial charge on any atom is -0.480 e. The number of para-hydroxylation sites is 2. The van der Waals surface area contributed by atoms with Crippen molar-refractivity contribution in [3.63, 3.8) is 0 Å². The first kappa shape index (κ1) is 19.7. The summed E-state index contributed by atoms with van der Waals surface area (Å²) in [6, 6.07) is 2.27. The van der Waals surface area contributed by atoms with Gasteiger partial charge in [-0.25, -0.2) is 0 Å². The second kappa shape index (κ2) is 7.32. The predicted molar refractivity (Wildman–Crippen MR) is 86.7 cm³/mol. The van der Waals surface area contributed by atoms with Gasteiger partial charge in [0, 0.05) is 0 Å². The number of halogens is 3. The number of hydrogen-bond donors (Lipinski definition) is 2. The van der Waals surface area contributed by atoms with Gasteiger partial charge in [-0.1, -0.05) is 12.1 Å². The smallest absolute Gasteiger partial charge is 0.409 e. The maximum absolute atomic E-state index is 13.5. The van der Waals surface area contributed by atoms with Gasteiger partial charge in [-0.15, -0.1) is 0 Å². The van der Waals surface area contributed by atoms with Crippen molar-refractivity contribution in [3.05, 3.63) is 24.3 Å². The van der Waals surface area contributed by atoms with Gasteiger partial charge in [-0.3, -0.25) is 24.2 Å². The van der Waals surface area contributed by atoms with Gasteiger partial charge in [0.05, 0.1) is 24.3 Å². The lowest BCUT2D eigenvalue weighted by atomic mass is 10.1. The number of alkyl halides is 3. The Bertz CT molecular complexity index is 723. The minimum absolute atomic E-state index is 0.0814. The summed E-state index contributed by atoms with van der Waals surface area (Å²) < 4.78 is 40.6. The lowest BCUT2D eigenvalue weighted by Crippen LogP contribution is -2.53. The largest absolute Gasteiger partial charge is 0.480 e. The Morgan fingerprint density at radius 3 is 2.58 bits per heavy atom. The van der Waals surface area contributed by atoms with E-state index >= 15 is 0 Å². The number of nitrogens with zero attached hydrogens (tertiary/aromatic N) is 2. The normalized spacial score (nSPS) is 18.8. The molecule has 0 aromatic heterocycles. The highest BCUT2D eigenvalue weighted by Gasteiger charge is 2.49. The number of fused-ring (bicyclic) bond motifs is 1. The summed E-state index contributed by atoms with van der Waals surface area (Å²) in [4.78, 5) is 37.2. The molecule has 1 aliphatic rings. The number of benzene rings is 1. The molecule has 2 unspecified atom stereocenters. The Hall–Kier alpha value is -2.62. The van der Waals surface area contributed by atoms with Crippen LogP contribution in [0.15, 0.2) is 24.3 Å². The van der Waals surface area contributed by atoms with E-state index in [-0.39, 0.29) is 11.4 Å². The number of anilines is 2. The Labute approximate surface area is 147 Å². The zero-order chi connectivity index (χ0) is 19.6. The van der Waals surface area contributed by atoms with E-state index in [0.29, 0.717) is 4.90 Å². The van der Waals surface area contributed by atoms with Gasteiger partial charge in [0.25, 0.3) is 0 Å². The molecule has 2 rings (SSSR count). The molecule has 0 saturated carbocycles. The van der Waals surface area contributed by atoms with E-state index in [1.165, 1.54) is 38.2 Å². The van der Waals surface area contributed by atoms with Gasteiger partial charge in [0.2, 0.25) is 11.8 Å². The van der Waals surface area contributed by atoms with Crippen LogP contribution in [-0.2, 0) is 14.4 Å². The van der Waals surface area contributed by atoms with Crippen molar-refractivity contribution in [1.29, 1.82) is 0 Å². The summed E-state index contributed by atoms with van der Waals surface area (Å²) in [5.41, 5.74) is 0.00795. The molecule has 0 bridgehead atoms. The van der Waals surface area contributed by atoms with Crippen LogP contribution in [0.1, 0.15) is 13.3 Å². The Balaban J connectivity index is 2.44. The summed E-state index contributed by atoms with van der Waals surface area (Å²) in [6.07, 6.45) is -5.77. The van der Waals surface area contributed by atoms with Crippen LogP contribution in [-0.4, -0.2) is 59.6 Å². The van der Waals surface area contributed by atoms with Crippen molar-refractivity contribution < 1.29 is 32.7 Å². The Morgan fingerprint density at radius 2 is 2.00 bits per heavy atom. The van der Waals surface area contributed by atoms with Crippen molar-refractivity contribution in [3.8, 4) is 0 Å². The lowest BCUT2D eigenvalue weighted by molar-refractivity contribution is -0.158. The van der Waals surface area contributed by atoms with Crippen molar-refractivity contribution in [2.24, 2.45) is 0 Å². The third-order valence-electron chi connectivity index (χ3n) is 4.18. The van der Waals surface area contributed by atoms with Gasteiger partial charge in [-0.2, -0.15) is 13.2 Å². The van der Waals surface area contributed by atoms with E-state index < -0.39 is 49.0 Å². The number of carboxylic acids is 1. The molecule has 0 radical (unpaired) electrons. The second-order valence-corrected chi connectivity index (χ2v) is 6.02. The molecule has 142 valence electrons. The number of nitrogens with one attached hydrogen (secondary N) is 1. The molecule has 1 aliphatic heterocycles. The fourth-order valence-corrected chi connectivity index (χ4v) is 2.61. The first-order valence-corrected chi connectivity index (χ1v) is 7.73. The third-order valence-corrected chi connectivity index (χ3v) is 4.18. The number of hydrogen-bond acceptors (Lipinski definition) is 4. The highest BCUT2D eigenvalue weighted by molar-refractivity contribution is 6.05. The number of carbonyl (C=O) groups excluding carboxylic acids is 2. The lowest BCUT2D eigenvalue weighted by Gasteiger charge is -2.33. The van der Waals surface area contributed by atoms with Crippen molar-refractivity contribution in [2.75, 3.05) is 23.8 Å².